The summed E-state index contributed by atoms with van der Waals surface area (Å²) in [4.78, 5) is 15.2. The van der Waals surface area contributed by atoms with Crippen LogP contribution in [0.15, 0.2) is 48.5 Å². The number of carboxylic acid groups (broad SMARTS) is 1. The molecule has 26 heavy (non-hydrogen) atoms. The van der Waals surface area contributed by atoms with Gasteiger partial charge in [-0.05, 0) is 23.8 Å². The quantitative estimate of drug-likeness (QED) is 0.898. The minimum absolute atomic E-state index is 0.404. The van der Waals surface area contributed by atoms with Crippen molar-refractivity contribution in [3.8, 4) is 0 Å². The molecule has 1 aliphatic rings. The van der Waals surface area contributed by atoms with Crippen LogP contribution in [-0.2, 0) is 12.7 Å². The molecule has 0 amide bonds. The van der Waals surface area contributed by atoms with Crippen molar-refractivity contribution >= 4 is 11.7 Å². The number of aromatic carboxylic acids is 1. The Balaban J connectivity index is 1.70. The van der Waals surface area contributed by atoms with E-state index in [9.17, 15) is 18.0 Å². The van der Waals surface area contributed by atoms with Crippen LogP contribution in [0.4, 0.5) is 18.9 Å². The maximum atomic E-state index is 13.2. The average molecular weight is 364 g/mol. The summed E-state index contributed by atoms with van der Waals surface area (Å²) < 4.78 is 39.5. The summed E-state index contributed by atoms with van der Waals surface area (Å²) in [7, 11) is 0. The fourth-order valence-electron chi connectivity index (χ4n) is 3.16. The van der Waals surface area contributed by atoms with E-state index in [1.807, 2.05) is 35.2 Å². The molecule has 1 heterocycles. The summed E-state index contributed by atoms with van der Waals surface area (Å²) in [6.07, 6.45) is -4.70. The molecule has 0 radical (unpaired) electrons. The zero-order valence-electron chi connectivity index (χ0n) is 14.0. The first-order valence-electron chi connectivity index (χ1n) is 8.30. The van der Waals surface area contributed by atoms with Crippen molar-refractivity contribution in [2.45, 2.75) is 12.7 Å². The number of piperazine rings is 1. The van der Waals surface area contributed by atoms with E-state index in [2.05, 4.69) is 4.90 Å². The zero-order chi connectivity index (χ0) is 18.7. The second-order valence-electron chi connectivity index (χ2n) is 6.28. The van der Waals surface area contributed by atoms with Crippen molar-refractivity contribution in [1.29, 1.82) is 0 Å². The molecule has 2 aromatic carbocycles. The fourth-order valence-corrected chi connectivity index (χ4v) is 3.16. The Bertz CT molecular complexity index is 770. The molecule has 1 N–H and O–H groups in total. The van der Waals surface area contributed by atoms with E-state index in [0.29, 0.717) is 18.8 Å². The maximum Gasteiger partial charge on any atom is 0.417 e. The molecule has 2 aromatic rings. The van der Waals surface area contributed by atoms with Crippen molar-refractivity contribution in [2.75, 3.05) is 31.1 Å². The third-order valence-corrected chi connectivity index (χ3v) is 4.53. The molecule has 4 nitrogen and oxygen atoms in total. The highest BCUT2D eigenvalue weighted by molar-refractivity contribution is 5.90. The van der Waals surface area contributed by atoms with Crippen molar-refractivity contribution in [3.05, 3.63) is 65.2 Å². The molecule has 0 aliphatic carbocycles. The van der Waals surface area contributed by atoms with Gasteiger partial charge < -0.3 is 10.0 Å². The first-order valence-corrected chi connectivity index (χ1v) is 8.30. The molecule has 138 valence electrons. The lowest BCUT2D eigenvalue weighted by atomic mass is 10.1. The van der Waals surface area contributed by atoms with Crippen LogP contribution < -0.4 is 4.90 Å². The Labute approximate surface area is 149 Å². The van der Waals surface area contributed by atoms with Gasteiger partial charge >= 0.3 is 12.1 Å². The standard InChI is InChI=1S/C19H19F3N2O2/c20-19(21,22)17-12-15(6-7-16(17)18(25)26)24-10-8-23(9-11-24)13-14-4-2-1-3-5-14/h1-7,12H,8-11,13H2,(H,25,26). The van der Waals surface area contributed by atoms with E-state index in [1.165, 1.54) is 11.6 Å². The molecule has 0 aromatic heterocycles. The van der Waals surface area contributed by atoms with E-state index in [0.717, 1.165) is 31.8 Å². The van der Waals surface area contributed by atoms with E-state index in [1.54, 1.807) is 0 Å². The predicted molar refractivity (Wildman–Crippen MR) is 92.3 cm³/mol. The van der Waals surface area contributed by atoms with Gasteiger partial charge in [0.1, 0.15) is 0 Å². The van der Waals surface area contributed by atoms with Gasteiger partial charge in [0, 0.05) is 38.4 Å². The van der Waals surface area contributed by atoms with Crippen LogP contribution in [0.25, 0.3) is 0 Å². The van der Waals surface area contributed by atoms with Crippen LogP contribution in [-0.4, -0.2) is 42.2 Å². The second-order valence-corrected chi connectivity index (χ2v) is 6.28. The number of anilines is 1. The van der Waals surface area contributed by atoms with Gasteiger partial charge in [-0.25, -0.2) is 4.79 Å². The number of alkyl halides is 3. The summed E-state index contributed by atoms with van der Waals surface area (Å²) in [6, 6.07) is 13.4. The number of hydrogen-bond acceptors (Lipinski definition) is 3. The SMILES string of the molecule is O=C(O)c1ccc(N2CCN(Cc3ccccc3)CC2)cc1C(F)(F)F. The third-order valence-electron chi connectivity index (χ3n) is 4.53. The molecular weight excluding hydrogens is 345 g/mol. The van der Waals surface area contributed by atoms with Crippen LogP contribution in [0.1, 0.15) is 21.5 Å². The highest BCUT2D eigenvalue weighted by atomic mass is 19.4. The number of rotatable bonds is 4. The molecule has 1 aliphatic heterocycles. The van der Waals surface area contributed by atoms with Crippen molar-refractivity contribution in [1.82, 2.24) is 4.90 Å². The van der Waals surface area contributed by atoms with E-state index in [4.69, 9.17) is 5.11 Å². The zero-order valence-corrected chi connectivity index (χ0v) is 14.0. The number of halogens is 3. The number of benzene rings is 2. The smallest absolute Gasteiger partial charge is 0.417 e. The third kappa shape index (κ3) is 4.16. The molecule has 7 heteroatoms. The molecule has 0 atom stereocenters. The van der Waals surface area contributed by atoms with E-state index < -0.39 is 23.3 Å². The maximum absolute atomic E-state index is 13.2. The Morgan fingerprint density at radius 2 is 1.65 bits per heavy atom. The topological polar surface area (TPSA) is 43.8 Å². The monoisotopic (exact) mass is 364 g/mol. The minimum Gasteiger partial charge on any atom is -0.478 e. The van der Waals surface area contributed by atoms with Gasteiger partial charge in [0.2, 0.25) is 0 Å². The van der Waals surface area contributed by atoms with Gasteiger partial charge in [-0.15, -0.1) is 0 Å². The van der Waals surface area contributed by atoms with Crippen molar-refractivity contribution < 1.29 is 23.1 Å². The molecular formula is C19H19F3N2O2. The van der Waals surface area contributed by atoms with Crippen LogP contribution >= 0.6 is 0 Å². The van der Waals surface area contributed by atoms with Crippen molar-refractivity contribution in [2.24, 2.45) is 0 Å². The highest BCUT2D eigenvalue weighted by Gasteiger charge is 2.36. The average Bonchev–Trinajstić information content (AvgIpc) is 2.62. The summed E-state index contributed by atoms with van der Waals surface area (Å²) >= 11 is 0. The first kappa shape index (κ1) is 18.3. The Hall–Kier alpha value is -2.54. The fraction of sp³-hybridized carbons (Fsp3) is 0.316. The summed E-state index contributed by atoms with van der Waals surface area (Å²) in [5.41, 5.74) is -0.217. The van der Waals surface area contributed by atoms with Gasteiger partial charge in [-0.3, -0.25) is 4.90 Å². The predicted octanol–water partition coefficient (Wildman–Crippen LogP) is 3.73. The summed E-state index contributed by atoms with van der Waals surface area (Å²) in [5.74, 6) is -1.57. The second kappa shape index (κ2) is 7.37. The minimum atomic E-state index is -4.70. The van der Waals surface area contributed by atoms with E-state index >= 15 is 0 Å². The number of hydrogen-bond donors (Lipinski definition) is 1. The number of carbonyl (C=O) groups is 1. The van der Waals surface area contributed by atoms with Gasteiger partial charge in [-0.2, -0.15) is 13.2 Å². The molecule has 3 rings (SSSR count). The highest BCUT2D eigenvalue weighted by Crippen LogP contribution is 2.35. The Morgan fingerprint density at radius 3 is 2.23 bits per heavy atom. The Morgan fingerprint density at radius 1 is 1.00 bits per heavy atom. The van der Waals surface area contributed by atoms with Crippen molar-refractivity contribution in [3.63, 3.8) is 0 Å². The largest absolute Gasteiger partial charge is 0.478 e. The van der Waals surface area contributed by atoms with Crippen LogP contribution in [0.3, 0.4) is 0 Å². The lowest BCUT2D eigenvalue weighted by molar-refractivity contribution is -0.138. The lowest BCUT2D eigenvalue weighted by Crippen LogP contribution is -2.46. The molecule has 0 saturated carbocycles. The molecule has 1 saturated heterocycles. The molecule has 0 bridgehead atoms. The normalized spacial score (nSPS) is 15.9. The van der Waals surface area contributed by atoms with Crippen LogP contribution in [0.5, 0.6) is 0 Å². The van der Waals surface area contributed by atoms with Gasteiger partial charge in [0.25, 0.3) is 0 Å². The molecule has 1 fully saturated rings. The van der Waals surface area contributed by atoms with Gasteiger partial charge in [0.05, 0.1) is 11.1 Å². The first-order chi connectivity index (χ1) is 12.3. The number of nitrogens with zero attached hydrogens (tertiary/aromatic N) is 2. The Kier molecular flexibility index (Phi) is 5.18. The van der Waals surface area contributed by atoms with Crippen LogP contribution in [0, 0.1) is 0 Å². The molecule has 0 unspecified atom stereocenters. The molecule has 0 spiro atoms. The lowest BCUT2D eigenvalue weighted by Gasteiger charge is -2.36. The van der Waals surface area contributed by atoms with E-state index in [-0.39, 0.29) is 0 Å². The summed E-state index contributed by atoms with van der Waals surface area (Å²) in [6.45, 7) is 3.46. The van der Waals surface area contributed by atoms with Gasteiger partial charge in [0.15, 0.2) is 0 Å². The van der Waals surface area contributed by atoms with Crippen LogP contribution in [0.2, 0.25) is 0 Å². The van der Waals surface area contributed by atoms with Gasteiger partial charge in [-0.1, -0.05) is 30.3 Å². The number of carboxylic acids is 1. The summed E-state index contributed by atoms with van der Waals surface area (Å²) in [5, 5.41) is 8.98.